The molecule has 1 atom stereocenters. The van der Waals surface area contributed by atoms with Gasteiger partial charge in [-0.25, -0.2) is 4.68 Å². The second-order valence-electron chi connectivity index (χ2n) is 7.98. The van der Waals surface area contributed by atoms with Crippen LogP contribution in [-0.4, -0.2) is 86.8 Å². The third-order valence-electron chi connectivity index (χ3n) is 6.62. The summed E-state index contributed by atoms with van der Waals surface area (Å²) in [6.45, 7) is 7.34. The zero-order valence-corrected chi connectivity index (χ0v) is 15.7. The molecule has 8 nitrogen and oxygen atoms in total. The number of likely N-dealkylation sites (tertiary alicyclic amines) is 3. The Bertz CT molecular complexity index is 692. The number of carbonyl (C=O) groups is 2. The number of aromatic nitrogens is 3. The van der Waals surface area contributed by atoms with E-state index in [-0.39, 0.29) is 17.4 Å². The summed E-state index contributed by atoms with van der Waals surface area (Å²) in [6.07, 6.45) is 5.52. The van der Waals surface area contributed by atoms with Crippen molar-refractivity contribution in [1.82, 2.24) is 29.7 Å². The van der Waals surface area contributed by atoms with Crippen LogP contribution in [0.15, 0.2) is 6.20 Å². The van der Waals surface area contributed by atoms with Crippen LogP contribution in [0.2, 0.25) is 0 Å². The molecule has 0 saturated carbocycles. The summed E-state index contributed by atoms with van der Waals surface area (Å²) in [5, 5.41) is 7.65. The highest BCUT2D eigenvalue weighted by Crippen LogP contribution is 2.41. The van der Waals surface area contributed by atoms with Crippen LogP contribution in [0.4, 0.5) is 0 Å². The number of likely N-dealkylation sites (N-methyl/N-ethyl adjacent to an activating group) is 1. The van der Waals surface area contributed by atoms with Crippen LogP contribution in [0.3, 0.4) is 0 Å². The van der Waals surface area contributed by atoms with Crippen LogP contribution >= 0.6 is 0 Å². The topological polar surface area (TPSA) is 74.6 Å². The molecule has 0 radical (unpaired) electrons. The molecule has 26 heavy (non-hydrogen) atoms. The van der Waals surface area contributed by atoms with Gasteiger partial charge >= 0.3 is 0 Å². The molecule has 1 aromatic heterocycles. The highest BCUT2D eigenvalue weighted by atomic mass is 16.2. The minimum Gasteiger partial charge on any atom is -0.341 e. The van der Waals surface area contributed by atoms with E-state index in [2.05, 4.69) is 27.0 Å². The van der Waals surface area contributed by atoms with E-state index in [4.69, 9.17) is 0 Å². The SMILES string of the molecule is CCN1CCC1C(=O)N1CCC2(CCN(C(=O)c3cnnn3C)CC2)C1. The quantitative estimate of drug-likeness (QED) is 0.778. The molecule has 3 aliphatic heterocycles. The van der Waals surface area contributed by atoms with E-state index in [1.807, 2.05) is 4.90 Å². The maximum absolute atomic E-state index is 12.8. The monoisotopic (exact) mass is 360 g/mol. The largest absolute Gasteiger partial charge is 0.341 e. The fourth-order valence-electron chi connectivity index (χ4n) is 4.67. The number of aryl methyl sites for hydroxylation is 1. The summed E-state index contributed by atoms with van der Waals surface area (Å²) in [5.41, 5.74) is 0.728. The molecule has 0 bridgehead atoms. The number of amides is 2. The fourth-order valence-corrected chi connectivity index (χ4v) is 4.67. The molecule has 1 unspecified atom stereocenters. The number of rotatable bonds is 3. The summed E-state index contributed by atoms with van der Waals surface area (Å²) in [5.74, 6) is 0.320. The van der Waals surface area contributed by atoms with Crippen LogP contribution in [0, 0.1) is 5.41 Å². The standard InChI is InChI=1S/C18H28N6O2/c1-3-22-8-4-14(22)16(25)24-11-7-18(13-24)5-9-23(10-6-18)17(26)15-12-19-20-21(15)2/h12,14H,3-11,13H2,1-2H3. The normalized spacial score (nSPS) is 25.5. The maximum atomic E-state index is 12.8. The minimum atomic E-state index is 0.00587. The Morgan fingerprint density at radius 3 is 2.38 bits per heavy atom. The molecule has 4 heterocycles. The highest BCUT2D eigenvalue weighted by molar-refractivity contribution is 5.92. The molecule has 3 fully saturated rings. The van der Waals surface area contributed by atoms with Crippen molar-refractivity contribution in [1.29, 1.82) is 0 Å². The van der Waals surface area contributed by atoms with Gasteiger partial charge in [-0.05, 0) is 37.6 Å². The zero-order chi connectivity index (χ0) is 18.3. The van der Waals surface area contributed by atoms with Gasteiger partial charge in [-0.15, -0.1) is 5.10 Å². The van der Waals surface area contributed by atoms with E-state index in [0.29, 0.717) is 11.6 Å². The molecular weight excluding hydrogens is 332 g/mol. The maximum Gasteiger partial charge on any atom is 0.273 e. The van der Waals surface area contributed by atoms with Crippen molar-refractivity contribution in [2.75, 3.05) is 39.3 Å². The first-order valence-corrected chi connectivity index (χ1v) is 9.70. The van der Waals surface area contributed by atoms with Gasteiger partial charge in [0.2, 0.25) is 5.91 Å². The van der Waals surface area contributed by atoms with Crippen LogP contribution in [-0.2, 0) is 11.8 Å². The molecule has 1 spiro atoms. The van der Waals surface area contributed by atoms with E-state index >= 15 is 0 Å². The Labute approximate surface area is 154 Å². The lowest BCUT2D eigenvalue weighted by atomic mass is 9.77. The lowest BCUT2D eigenvalue weighted by Crippen LogP contribution is -2.56. The molecule has 0 aromatic carbocycles. The molecule has 142 valence electrons. The smallest absolute Gasteiger partial charge is 0.273 e. The first kappa shape index (κ1) is 17.5. The lowest BCUT2D eigenvalue weighted by Gasteiger charge is -2.42. The third kappa shape index (κ3) is 2.90. The number of hydrogen-bond donors (Lipinski definition) is 0. The van der Waals surface area contributed by atoms with E-state index in [1.165, 1.54) is 10.9 Å². The Morgan fingerprint density at radius 2 is 1.85 bits per heavy atom. The number of hydrogen-bond acceptors (Lipinski definition) is 5. The van der Waals surface area contributed by atoms with E-state index < -0.39 is 0 Å². The molecule has 0 N–H and O–H groups in total. The third-order valence-corrected chi connectivity index (χ3v) is 6.62. The second kappa shape index (κ2) is 6.64. The van der Waals surface area contributed by atoms with E-state index in [9.17, 15) is 9.59 Å². The molecule has 1 aromatic rings. The average molecular weight is 360 g/mol. The zero-order valence-electron chi connectivity index (χ0n) is 15.7. The molecule has 4 rings (SSSR count). The van der Waals surface area contributed by atoms with Gasteiger partial charge < -0.3 is 9.80 Å². The number of nitrogens with zero attached hydrogens (tertiary/aromatic N) is 6. The van der Waals surface area contributed by atoms with Crippen LogP contribution in [0.1, 0.15) is 43.1 Å². The predicted molar refractivity (Wildman–Crippen MR) is 95.4 cm³/mol. The first-order chi connectivity index (χ1) is 12.5. The van der Waals surface area contributed by atoms with Gasteiger partial charge in [-0.1, -0.05) is 12.1 Å². The van der Waals surface area contributed by atoms with Crippen molar-refractivity contribution < 1.29 is 9.59 Å². The van der Waals surface area contributed by atoms with Gasteiger partial charge in [0.1, 0.15) is 5.69 Å². The van der Waals surface area contributed by atoms with E-state index in [1.54, 1.807) is 7.05 Å². The van der Waals surface area contributed by atoms with Gasteiger partial charge in [-0.2, -0.15) is 0 Å². The molecule has 3 saturated heterocycles. The van der Waals surface area contributed by atoms with Crippen molar-refractivity contribution in [2.45, 2.75) is 38.6 Å². The Morgan fingerprint density at radius 1 is 1.15 bits per heavy atom. The Balaban J connectivity index is 1.34. The summed E-state index contributed by atoms with van der Waals surface area (Å²) in [4.78, 5) is 31.6. The molecule has 0 aliphatic carbocycles. The molecule has 2 amide bonds. The van der Waals surface area contributed by atoms with Crippen molar-refractivity contribution in [2.24, 2.45) is 12.5 Å². The molecule has 3 aliphatic rings. The van der Waals surface area contributed by atoms with Gasteiger partial charge in [0.25, 0.3) is 5.91 Å². The minimum absolute atomic E-state index is 0.00587. The summed E-state index contributed by atoms with van der Waals surface area (Å²) in [6, 6.07) is 0.106. The van der Waals surface area contributed by atoms with E-state index in [0.717, 1.165) is 65.0 Å². The Kier molecular flexibility index (Phi) is 4.46. The highest BCUT2D eigenvalue weighted by Gasteiger charge is 2.45. The van der Waals surface area contributed by atoms with Gasteiger partial charge in [-0.3, -0.25) is 14.5 Å². The number of piperidine rings is 1. The van der Waals surface area contributed by atoms with Crippen molar-refractivity contribution in [3.8, 4) is 0 Å². The molecular formula is C18H28N6O2. The average Bonchev–Trinajstić information content (AvgIpc) is 3.21. The van der Waals surface area contributed by atoms with Crippen molar-refractivity contribution >= 4 is 11.8 Å². The fraction of sp³-hybridized carbons (Fsp3) is 0.778. The lowest BCUT2D eigenvalue weighted by molar-refractivity contribution is -0.141. The molecule has 8 heteroatoms. The summed E-state index contributed by atoms with van der Waals surface area (Å²) in [7, 11) is 1.74. The first-order valence-electron chi connectivity index (χ1n) is 9.70. The summed E-state index contributed by atoms with van der Waals surface area (Å²) >= 11 is 0. The van der Waals surface area contributed by atoms with Gasteiger partial charge in [0.05, 0.1) is 12.2 Å². The Hall–Kier alpha value is -1.96. The van der Waals surface area contributed by atoms with Crippen molar-refractivity contribution in [3.05, 3.63) is 11.9 Å². The number of carbonyl (C=O) groups excluding carboxylic acids is 2. The van der Waals surface area contributed by atoms with Crippen LogP contribution < -0.4 is 0 Å². The van der Waals surface area contributed by atoms with Crippen molar-refractivity contribution in [3.63, 3.8) is 0 Å². The van der Waals surface area contributed by atoms with Crippen LogP contribution in [0.5, 0.6) is 0 Å². The summed E-state index contributed by atoms with van der Waals surface area (Å²) < 4.78 is 1.53. The second-order valence-corrected chi connectivity index (χ2v) is 7.98. The van der Waals surface area contributed by atoms with Gasteiger partial charge in [0, 0.05) is 39.8 Å². The predicted octanol–water partition coefficient (Wildman–Crippen LogP) is 0.364. The van der Waals surface area contributed by atoms with Crippen LogP contribution in [0.25, 0.3) is 0 Å². The van der Waals surface area contributed by atoms with Gasteiger partial charge in [0.15, 0.2) is 0 Å².